The van der Waals surface area contributed by atoms with Gasteiger partial charge in [0, 0.05) is 31.7 Å². The fraction of sp³-hybridized carbons (Fsp3) is 0.562. The van der Waals surface area contributed by atoms with Crippen LogP contribution in [-0.4, -0.2) is 38.8 Å². The molecule has 1 saturated carbocycles. The van der Waals surface area contributed by atoms with Gasteiger partial charge >= 0.3 is 6.18 Å². The molecular formula is C16H22F3N3O3S. The lowest BCUT2D eigenvalue weighted by atomic mass is 9.86. The van der Waals surface area contributed by atoms with Gasteiger partial charge in [-0.1, -0.05) is 0 Å². The van der Waals surface area contributed by atoms with E-state index in [1.807, 2.05) is 0 Å². The molecule has 10 heteroatoms. The van der Waals surface area contributed by atoms with Crippen LogP contribution in [0, 0.1) is 5.92 Å². The van der Waals surface area contributed by atoms with Gasteiger partial charge in [0.25, 0.3) is 10.2 Å². The molecule has 0 unspecified atom stereocenters. The number of nitrogens with one attached hydrogen (secondary N) is 2. The topological polar surface area (TPSA) is 78.5 Å². The second kappa shape index (κ2) is 7.93. The Morgan fingerprint density at radius 1 is 1.08 bits per heavy atom. The van der Waals surface area contributed by atoms with Crippen LogP contribution in [0.5, 0.6) is 0 Å². The molecule has 0 radical (unpaired) electrons. The van der Waals surface area contributed by atoms with Crippen molar-refractivity contribution in [2.75, 3.05) is 19.4 Å². The van der Waals surface area contributed by atoms with Gasteiger partial charge in [0.2, 0.25) is 5.91 Å². The first-order valence-electron chi connectivity index (χ1n) is 8.17. The van der Waals surface area contributed by atoms with Crippen LogP contribution in [0.3, 0.4) is 0 Å². The number of benzene rings is 1. The second-order valence-electron chi connectivity index (χ2n) is 6.52. The van der Waals surface area contributed by atoms with Gasteiger partial charge in [0.15, 0.2) is 0 Å². The summed E-state index contributed by atoms with van der Waals surface area (Å²) < 4.78 is 64.9. The minimum absolute atomic E-state index is 0.225. The molecule has 0 spiro atoms. The standard InChI is InChI=1S/C16H22F3N3O3S/c1-22(2)26(24,25)21-14-7-3-11(4-8-14)15(23)20-13-9-5-12(6-10-13)16(17,18)19/h5-6,9-11,14,21H,3-4,7-8H2,1-2H3,(H,20,23). The van der Waals surface area contributed by atoms with Crippen LogP contribution in [0.4, 0.5) is 18.9 Å². The third kappa shape index (κ3) is 5.42. The van der Waals surface area contributed by atoms with Crippen LogP contribution in [0.25, 0.3) is 0 Å². The minimum atomic E-state index is -4.42. The SMILES string of the molecule is CN(C)S(=O)(=O)NC1CCC(C(=O)Nc2ccc(C(F)(F)F)cc2)CC1. The van der Waals surface area contributed by atoms with Gasteiger partial charge in [-0.15, -0.1) is 0 Å². The van der Waals surface area contributed by atoms with Crippen molar-refractivity contribution in [3.05, 3.63) is 29.8 Å². The molecule has 2 N–H and O–H groups in total. The lowest BCUT2D eigenvalue weighted by molar-refractivity contribution is -0.137. The highest BCUT2D eigenvalue weighted by Gasteiger charge is 2.31. The number of amides is 1. The van der Waals surface area contributed by atoms with Gasteiger partial charge in [0.05, 0.1) is 5.56 Å². The summed E-state index contributed by atoms with van der Waals surface area (Å²) in [5.41, 5.74) is -0.470. The highest BCUT2D eigenvalue weighted by atomic mass is 32.2. The Hall–Kier alpha value is -1.65. The number of carbonyl (C=O) groups is 1. The van der Waals surface area contributed by atoms with Gasteiger partial charge in [-0.05, 0) is 49.9 Å². The highest BCUT2D eigenvalue weighted by Crippen LogP contribution is 2.30. The van der Waals surface area contributed by atoms with Crippen molar-refractivity contribution in [2.24, 2.45) is 5.92 Å². The van der Waals surface area contributed by atoms with E-state index < -0.39 is 21.9 Å². The van der Waals surface area contributed by atoms with E-state index in [0.717, 1.165) is 16.4 Å². The zero-order valence-corrected chi connectivity index (χ0v) is 15.3. The number of anilines is 1. The molecule has 26 heavy (non-hydrogen) atoms. The summed E-state index contributed by atoms with van der Waals surface area (Å²) in [5.74, 6) is -0.559. The Morgan fingerprint density at radius 2 is 1.62 bits per heavy atom. The van der Waals surface area contributed by atoms with Crippen LogP contribution in [0.1, 0.15) is 31.2 Å². The van der Waals surface area contributed by atoms with Crippen molar-refractivity contribution in [1.29, 1.82) is 0 Å². The maximum atomic E-state index is 12.5. The van der Waals surface area contributed by atoms with Crippen LogP contribution < -0.4 is 10.0 Å². The molecule has 0 heterocycles. The number of carbonyl (C=O) groups excluding carboxylic acids is 1. The molecule has 146 valence electrons. The zero-order valence-electron chi connectivity index (χ0n) is 14.5. The number of halogens is 3. The van der Waals surface area contributed by atoms with Crippen molar-refractivity contribution in [3.8, 4) is 0 Å². The van der Waals surface area contributed by atoms with E-state index in [1.54, 1.807) is 0 Å². The molecule has 0 bridgehead atoms. The minimum Gasteiger partial charge on any atom is -0.326 e. The van der Waals surface area contributed by atoms with Crippen LogP contribution in [0.15, 0.2) is 24.3 Å². The number of hydrogen-bond donors (Lipinski definition) is 2. The normalized spacial score (nSPS) is 21.6. The number of nitrogens with zero attached hydrogens (tertiary/aromatic N) is 1. The van der Waals surface area contributed by atoms with Crippen LogP contribution in [0.2, 0.25) is 0 Å². The lowest BCUT2D eigenvalue weighted by Gasteiger charge is -2.29. The van der Waals surface area contributed by atoms with Crippen molar-refractivity contribution in [2.45, 2.75) is 37.9 Å². The van der Waals surface area contributed by atoms with E-state index in [0.29, 0.717) is 31.4 Å². The third-order valence-electron chi connectivity index (χ3n) is 4.37. The quantitative estimate of drug-likeness (QED) is 0.807. The molecule has 2 rings (SSSR count). The van der Waals surface area contributed by atoms with E-state index in [4.69, 9.17) is 0 Å². The van der Waals surface area contributed by atoms with Crippen LogP contribution in [-0.2, 0) is 21.2 Å². The van der Waals surface area contributed by atoms with Gasteiger partial charge < -0.3 is 5.32 Å². The average Bonchev–Trinajstić information content (AvgIpc) is 2.54. The molecule has 0 saturated heterocycles. The van der Waals surface area contributed by atoms with Crippen molar-refractivity contribution in [1.82, 2.24) is 9.03 Å². The molecule has 6 nitrogen and oxygen atoms in total. The Labute approximate surface area is 150 Å². The summed E-state index contributed by atoms with van der Waals surface area (Å²) in [5, 5.41) is 2.62. The van der Waals surface area contributed by atoms with Gasteiger partial charge in [-0.3, -0.25) is 4.79 Å². The molecule has 0 atom stereocenters. The number of alkyl halides is 3. The molecular weight excluding hydrogens is 371 g/mol. The number of rotatable bonds is 5. The summed E-state index contributed by atoms with van der Waals surface area (Å²) in [7, 11) is -0.637. The fourth-order valence-corrected chi connectivity index (χ4v) is 3.64. The van der Waals surface area contributed by atoms with E-state index in [-0.39, 0.29) is 17.9 Å². The maximum absolute atomic E-state index is 12.5. The molecule has 1 aromatic rings. The molecule has 0 aromatic heterocycles. The monoisotopic (exact) mass is 393 g/mol. The second-order valence-corrected chi connectivity index (χ2v) is 8.43. The van der Waals surface area contributed by atoms with Crippen molar-refractivity contribution < 1.29 is 26.4 Å². The summed E-state index contributed by atoms with van der Waals surface area (Å²) in [6.45, 7) is 0. The first kappa shape index (κ1) is 20.7. The van der Waals surface area contributed by atoms with E-state index in [9.17, 15) is 26.4 Å². The van der Waals surface area contributed by atoms with E-state index >= 15 is 0 Å². The Bertz CT molecular complexity index is 725. The average molecular weight is 393 g/mol. The van der Waals surface area contributed by atoms with Gasteiger partial charge in [0.1, 0.15) is 0 Å². The molecule has 1 aliphatic carbocycles. The van der Waals surface area contributed by atoms with Gasteiger partial charge in [-0.25, -0.2) is 0 Å². The maximum Gasteiger partial charge on any atom is 0.416 e. The summed E-state index contributed by atoms with van der Waals surface area (Å²) >= 11 is 0. The molecule has 1 fully saturated rings. The predicted octanol–water partition coefficient (Wildman–Crippen LogP) is 2.60. The summed E-state index contributed by atoms with van der Waals surface area (Å²) in [6.07, 6.45) is -2.35. The largest absolute Gasteiger partial charge is 0.416 e. The fourth-order valence-electron chi connectivity index (χ4n) is 2.78. The lowest BCUT2D eigenvalue weighted by Crippen LogP contribution is -2.44. The molecule has 0 aliphatic heterocycles. The Morgan fingerprint density at radius 3 is 2.08 bits per heavy atom. The van der Waals surface area contributed by atoms with E-state index in [1.165, 1.54) is 26.2 Å². The predicted molar refractivity (Wildman–Crippen MR) is 91.6 cm³/mol. The first-order valence-corrected chi connectivity index (χ1v) is 9.61. The van der Waals surface area contributed by atoms with Crippen molar-refractivity contribution in [3.63, 3.8) is 0 Å². The third-order valence-corrected chi connectivity index (χ3v) is 5.97. The molecule has 1 aliphatic rings. The summed E-state index contributed by atoms with van der Waals surface area (Å²) in [4.78, 5) is 12.3. The first-order chi connectivity index (χ1) is 12.0. The summed E-state index contributed by atoms with van der Waals surface area (Å²) in [6, 6.07) is 4.05. The van der Waals surface area contributed by atoms with E-state index in [2.05, 4.69) is 10.0 Å². The zero-order chi connectivity index (χ0) is 19.5. The van der Waals surface area contributed by atoms with Crippen LogP contribution >= 0.6 is 0 Å². The van der Waals surface area contributed by atoms with Crippen molar-refractivity contribution >= 4 is 21.8 Å². The Kier molecular flexibility index (Phi) is 6.30. The number of hydrogen-bond acceptors (Lipinski definition) is 3. The van der Waals surface area contributed by atoms with Gasteiger partial charge in [-0.2, -0.15) is 30.6 Å². The molecule has 1 amide bonds. The molecule has 1 aromatic carbocycles. The smallest absolute Gasteiger partial charge is 0.326 e. The Balaban J connectivity index is 1.87. The highest BCUT2D eigenvalue weighted by molar-refractivity contribution is 7.87.